The van der Waals surface area contributed by atoms with Crippen LogP contribution in [0, 0.1) is 0 Å². The molecular weight excluding hydrogens is 745 g/mol. The van der Waals surface area contributed by atoms with E-state index in [2.05, 4.69) is 206 Å². The zero-order valence-corrected chi connectivity index (χ0v) is 33.3. The van der Waals surface area contributed by atoms with Gasteiger partial charge in [-0.3, -0.25) is 0 Å². The van der Waals surface area contributed by atoms with Gasteiger partial charge in [0.15, 0.2) is 0 Å². The molecule has 0 fully saturated rings. The van der Waals surface area contributed by atoms with Gasteiger partial charge in [0.25, 0.3) is 0 Å². The monoisotopic (exact) mass is 778 g/mol. The van der Waals surface area contributed by atoms with Crippen molar-refractivity contribution in [2.45, 2.75) is 0 Å². The molecular formula is C58H34OS. The van der Waals surface area contributed by atoms with Crippen LogP contribution in [0.3, 0.4) is 0 Å². The SMILES string of the molecule is c1ccc(-c2ccc(-c3c4ccccc4c(-c4ccc5oc6ccc7sc8ccccc8c7c6c5c4)c4cc(-c5cccc6ccccc56)ccc34)c3ccccc23)cc1. The van der Waals surface area contributed by atoms with E-state index in [9.17, 15) is 0 Å². The Morgan fingerprint density at radius 2 is 0.883 bits per heavy atom. The molecule has 278 valence electrons. The van der Waals surface area contributed by atoms with Gasteiger partial charge in [0.05, 0.1) is 0 Å². The minimum atomic E-state index is 0.906. The van der Waals surface area contributed by atoms with Gasteiger partial charge < -0.3 is 4.42 Å². The van der Waals surface area contributed by atoms with Crippen LogP contribution in [0.4, 0.5) is 0 Å². The Bertz CT molecular complexity index is 3880. The van der Waals surface area contributed by atoms with Gasteiger partial charge in [-0.25, -0.2) is 0 Å². The lowest BCUT2D eigenvalue weighted by Crippen LogP contribution is -1.93. The van der Waals surface area contributed by atoms with E-state index in [-0.39, 0.29) is 0 Å². The predicted octanol–water partition coefficient (Wildman–Crippen LogP) is 17.2. The van der Waals surface area contributed by atoms with Gasteiger partial charge in [0, 0.05) is 30.9 Å². The number of benzene rings is 11. The van der Waals surface area contributed by atoms with E-state index in [0.29, 0.717) is 0 Å². The molecule has 0 spiro atoms. The van der Waals surface area contributed by atoms with Crippen molar-refractivity contribution < 1.29 is 4.42 Å². The Kier molecular flexibility index (Phi) is 7.24. The van der Waals surface area contributed by atoms with E-state index in [0.717, 1.165) is 16.6 Å². The van der Waals surface area contributed by atoms with Crippen LogP contribution in [-0.4, -0.2) is 0 Å². The van der Waals surface area contributed by atoms with Gasteiger partial charge >= 0.3 is 0 Å². The normalized spacial score (nSPS) is 12.0. The fourth-order valence-corrected chi connectivity index (χ4v) is 11.2. The van der Waals surface area contributed by atoms with E-state index in [1.165, 1.54) is 113 Å². The highest BCUT2D eigenvalue weighted by atomic mass is 32.1. The summed E-state index contributed by atoms with van der Waals surface area (Å²) in [6.07, 6.45) is 0. The molecule has 13 aromatic rings. The molecule has 0 amide bonds. The Labute approximate surface area is 350 Å². The second-order valence-electron chi connectivity index (χ2n) is 15.9. The molecule has 11 aromatic carbocycles. The van der Waals surface area contributed by atoms with Crippen LogP contribution in [0.15, 0.2) is 211 Å². The van der Waals surface area contributed by atoms with Gasteiger partial charge in [-0.05, 0) is 124 Å². The minimum absolute atomic E-state index is 0.906. The van der Waals surface area contributed by atoms with E-state index in [1.807, 2.05) is 11.3 Å². The van der Waals surface area contributed by atoms with Crippen molar-refractivity contribution in [3.63, 3.8) is 0 Å². The second-order valence-corrected chi connectivity index (χ2v) is 17.0. The molecule has 0 N–H and O–H groups in total. The highest BCUT2D eigenvalue weighted by molar-refractivity contribution is 7.26. The van der Waals surface area contributed by atoms with Crippen LogP contribution >= 0.6 is 11.3 Å². The molecule has 13 rings (SSSR count). The Morgan fingerprint density at radius 3 is 1.73 bits per heavy atom. The summed E-state index contributed by atoms with van der Waals surface area (Å²) in [6.45, 7) is 0. The molecule has 60 heavy (non-hydrogen) atoms. The summed E-state index contributed by atoms with van der Waals surface area (Å²) in [5.41, 5.74) is 11.6. The number of hydrogen-bond donors (Lipinski definition) is 0. The van der Waals surface area contributed by atoms with Gasteiger partial charge in [-0.15, -0.1) is 11.3 Å². The molecule has 0 bridgehead atoms. The average molecular weight is 779 g/mol. The van der Waals surface area contributed by atoms with E-state index in [1.54, 1.807) is 0 Å². The molecule has 1 nitrogen and oxygen atoms in total. The third-order valence-corrected chi connectivity index (χ3v) is 13.8. The van der Waals surface area contributed by atoms with Crippen molar-refractivity contribution in [3.8, 4) is 44.5 Å². The van der Waals surface area contributed by atoms with Gasteiger partial charge in [0.1, 0.15) is 11.2 Å². The Morgan fingerprint density at radius 1 is 0.283 bits per heavy atom. The molecule has 0 saturated heterocycles. The highest BCUT2D eigenvalue weighted by Crippen LogP contribution is 2.49. The fraction of sp³-hybridized carbons (Fsp3) is 0. The number of thiophene rings is 1. The second kappa shape index (κ2) is 13.0. The lowest BCUT2D eigenvalue weighted by Gasteiger charge is -2.20. The number of hydrogen-bond acceptors (Lipinski definition) is 2. The quantitative estimate of drug-likeness (QED) is 0.162. The molecule has 0 aliphatic heterocycles. The average Bonchev–Trinajstić information content (AvgIpc) is 3.88. The maximum Gasteiger partial charge on any atom is 0.136 e. The first-order chi connectivity index (χ1) is 29.8. The zero-order chi connectivity index (χ0) is 39.3. The summed E-state index contributed by atoms with van der Waals surface area (Å²) in [6, 6.07) is 75.9. The smallest absolute Gasteiger partial charge is 0.136 e. The van der Waals surface area contributed by atoms with Crippen LogP contribution in [0.2, 0.25) is 0 Å². The largest absolute Gasteiger partial charge is 0.456 e. The fourth-order valence-electron chi connectivity index (χ4n) is 10.0. The molecule has 2 heterocycles. The van der Waals surface area contributed by atoms with Crippen LogP contribution in [-0.2, 0) is 0 Å². The van der Waals surface area contributed by atoms with Crippen molar-refractivity contribution in [2.24, 2.45) is 0 Å². The third kappa shape index (κ3) is 4.92. The van der Waals surface area contributed by atoms with Crippen LogP contribution in [0.1, 0.15) is 0 Å². The van der Waals surface area contributed by atoms with E-state index >= 15 is 0 Å². The Hall–Kier alpha value is -7.52. The first-order valence-corrected chi connectivity index (χ1v) is 21.4. The lowest BCUT2D eigenvalue weighted by molar-refractivity contribution is 0.669. The summed E-state index contributed by atoms with van der Waals surface area (Å²) in [4.78, 5) is 0. The summed E-state index contributed by atoms with van der Waals surface area (Å²) >= 11 is 1.85. The topological polar surface area (TPSA) is 13.1 Å². The van der Waals surface area contributed by atoms with Crippen molar-refractivity contribution in [1.82, 2.24) is 0 Å². The van der Waals surface area contributed by atoms with Crippen molar-refractivity contribution in [2.75, 3.05) is 0 Å². The van der Waals surface area contributed by atoms with Crippen molar-refractivity contribution in [1.29, 1.82) is 0 Å². The summed E-state index contributed by atoms with van der Waals surface area (Å²) in [7, 11) is 0. The summed E-state index contributed by atoms with van der Waals surface area (Å²) < 4.78 is 9.20. The van der Waals surface area contributed by atoms with Crippen LogP contribution in [0.5, 0.6) is 0 Å². The molecule has 0 aliphatic carbocycles. The number of rotatable bonds is 4. The van der Waals surface area contributed by atoms with Crippen molar-refractivity contribution >= 4 is 96.5 Å². The molecule has 0 saturated carbocycles. The number of fused-ring (bicyclic) bond motifs is 11. The zero-order valence-electron chi connectivity index (χ0n) is 32.4. The molecule has 2 aromatic heterocycles. The van der Waals surface area contributed by atoms with Gasteiger partial charge in [-0.1, -0.05) is 170 Å². The molecule has 2 heteroatoms. The first kappa shape index (κ1) is 33.5. The maximum atomic E-state index is 6.63. The van der Waals surface area contributed by atoms with Crippen LogP contribution in [0.25, 0.3) is 130 Å². The highest BCUT2D eigenvalue weighted by Gasteiger charge is 2.22. The van der Waals surface area contributed by atoms with E-state index < -0.39 is 0 Å². The predicted molar refractivity (Wildman–Crippen MR) is 258 cm³/mol. The van der Waals surface area contributed by atoms with Crippen molar-refractivity contribution in [3.05, 3.63) is 206 Å². The standard InChI is InChI=1S/C58H34OS/c1-2-13-35(14-3-1)41-28-29-46(43-19-7-6-18-42(41)43)56-45-21-9-8-20-44(45)55(49-33-37(25-27-47(49)56)40-23-12-16-36-15-4-5-17-39(36)40)38-26-30-51-50(34-38)57-52(59-51)31-32-54-58(57)48-22-10-11-24-53(48)60-54/h1-34H. The summed E-state index contributed by atoms with van der Waals surface area (Å²) in [5, 5.41) is 14.8. The first-order valence-electron chi connectivity index (χ1n) is 20.6. The lowest BCUT2D eigenvalue weighted by atomic mass is 9.82. The third-order valence-electron chi connectivity index (χ3n) is 12.7. The minimum Gasteiger partial charge on any atom is -0.456 e. The number of furan rings is 1. The maximum absolute atomic E-state index is 6.63. The van der Waals surface area contributed by atoms with E-state index in [4.69, 9.17) is 4.42 Å². The Balaban J connectivity index is 1.15. The van der Waals surface area contributed by atoms with Gasteiger partial charge in [-0.2, -0.15) is 0 Å². The molecule has 0 atom stereocenters. The summed E-state index contributed by atoms with van der Waals surface area (Å²) in [5.74, 6) is 0. The molecule has 0 unspecified atom stereocenters. The molecule has 0 radical (unpaired) electrons. The molecule has 0 aliphatic rings. The van der Waals surface area contributed by atoms with Gasteiger partial charge in [0.2, 0.25) is 0 Å². The van der Waals surface area contributed by atoms with Crippen LogP contribution < -0.4 is 0 Å².